The molecule has 0 rings (SSSR count). The number of carbonyl (C=O) groups excluding carboxylic acids is 2. The summed E-state index contributed by atoms with van der Waals surface area (Å²) >= 11 is 0. The normalized spacial score (nSPS) is 12.7. The molecule has 1 atom stereocenters. The molecule has 0 aromatic heterocycles. The van der Waals surface area contributed by atoms with Crippen molar-refractivity contribution in [2.24, 2.45) is 0 Å². The lowest BCUT2D eigenvalue weighted by atomic mass is 10.2. The molecule has 94 valence electrons. The number of amides is 1. The summed E-state index contributed by atoms with van der Waals surface area (Å²) in [5.41, 5.74) is 0. The Balaban J connectivity index is 4.34. The molecule has 5 nitrogen and oxygen atoms in total. The summed E-state index contributed by atoms with van der Waals surface area (Å²) in [7, 11) is 1.34. The zero-order chi connectivity index (χ0) is 12.7. The van der Waals surface area contributed by atoms with Crippen LogP contribution >= 0.6 is 0 Å². The predicted molar refractivity (Wildman–Crippen MR) is 62.0 cm³/mol. The molecule has 0 aromatic carbocycles. The van der Waals surface area contributed by atoms with Gasteiger partial charge in [0.2, 0.25) is 5.91 Å². The second-order valence-electron chi connectivity index (χ2n) is 3.98. The Morgan fingerprint density at radius 3 is 2.25 bits per heavy atom. The SMILES string of the molecule is CCN(CC(=O)OC)C(C)C(=O)NC(C)C. The Hall–Kier alpha value is -1.10. The van der Waals surface area contributed by atoms with Gasteiger partial charge in [0.1, 0.15) is 0 Å². The standard InChI is InChI=1S/C11H22N2O3/c1-6-13(7-10(14)16-5)9(4)11(15)12-8(2)3/h8-9H,6-7H2,1-5H3,(H,12,15). The van der Waals surface area contributed by atoms with E-state index in [9.17, 15) is 9.59 Å². The first-order chi connectivity index (χ1) is 7.42. The van der Waals surface area contributed by atoms with Gasteiger partial charge in [0.15, 0.2) is 0 Å². The van der Waals surface area contributed by atoms with E-state index in [-0.39, 0.29) is 30.5 Å². The lowest BCUT2D eigenvalue weighted by Crippen LogP contribution is -2.48. The van der Waals surface area contributed by atoms with Crippen LogP contribution in [0.25, 0.3) is 0 Å². The quantitative estimate of drug-likeness (QED) is 0.671. The third kappa shape index (κ3) is 5.11. The molecular formula is C11H22N2O3. The molecule has 0 bridgehead atoms. The van der Waals surface area contributed by atoms with Crippen molar-refractivity contribution < 1.29 is 14.3 Å². The van der Waals surface area contributed by atoms with E-state index in [1.807, 2.05) is 20.8 Å². The Kier molecular flexibility index (Phi) is 6.72. The summed E-state index contributed by atoms with van der Waals surface area (Å²) in [5.74, 6) is -0.396. The number of nitrogens with one attached hydrogen (secondary N) is 1. The molecule has 0 aliphatic carbocycles. The fourth-order valence-corrected chi connectivity index (χ4v) is 1.32. The molecule has 0 saturated heterocycles. The Morgan fingerprint density at radius 2 is 1.88 bits per heavy atom. The number of nitrogens with zero attached hydrogens (tertiary/aromatic N) is 1. The molecule has 0 heterocycles. The minimum absolute atomic E-state index is 0.0687. The van der Waals surface area contributed by atoms with E-state index < -0.39 is 0 Å². The van der Waals surface area contributed by atoms with E-state index >= 15 is 0 Å². The Labute approximate surface area is 97.1 Å². The number of methoxy groups -OCH3 is 1. The van der Waals surface area contributed by atoms with Crippen LogP contribution in [0, 0.1) is 0 Å². The second kappa shape index (κ2) is 7.22. The average Bonchev–Trinajstić information content (AvgIpc) is 2.23. The number of carbonyl (C=O) groups is 2. The number of ether oxygens (including phenoxy) is 1. The van der Waals surface area contributed by atoms with Crippen LogP contribution in [0.5, 0.6) is 0 Å². The van der Waals surface area contributed by atoms with Crippen molar-refractivity contribution >= 4 is 11.9 Å². The number of hydrogen-bond donors (Lipinski definition) is 1. The molecule has 0 spiro atoms. The van der Waals surface area contributed by atoms with Crippen molar-refractivity contribution in [2.45, 2.75) is 39.8 Å². The number of esters is 1. The number of hydrogen-bond acceptors (Lipinski definition) is 4. The molecule has 1 N–H and O–H groups in total. The first kappa shape index (κ1) is 14.9. The average molecular weight is 230 g/mol. The lowest BCUT2D eigenvalue weighted by Gasteiger charge is -2.26. The maximum Gasteiger partial charge on any atom is 0.319 e. The van der Waals surface area contributed by atoms with Crippen LogP contribution < -0.4 is 5.32 Å². The minimum Gasteiger partial charge on any atom is -0.468 e. The van der Waals surface area contributed by atoms with Gasteiger partial charge in [-0.2, -0.15) is 0 Å². The van der Waals surface area contributed by atoms with Gasteiger partial charge in [-0.3, -0.25) is 14.5 Å². The highest BCUT2D eigenvalue weighted by Gasteiger charge is 2.22. The first-order valence-electron chi connectivity index (χ1n) is 5.53. The maximum atomic E-state index is 11.7. The highest BCUT2D eigenvalue weighted by Crippen LogP contribution is 2.00. The molecule has 16 heavy (non-hydrogen) atoms. The highest BCUT2D eigenvalue weighted by atomic mass is 16.5. The lowest BCUT2D eigenvalue weighted by molar-refractivity contribution is -0.143. The summed E-state index contributed by atoms with van der Waals surface area (Å²) in [6, 6.07) is -0.224. The zero-order valence-electron chi connectivity index (χ0n) is 10.7. The number of likely N-dealkylation sites (N-methyl/N-ethyl adjacent to an activating group) is 1. The second-order valence-corrected chi connectivity index (χ2v) is 3.98. The van der Waals surface area contributed by atoms with Crippen LogP contribution in [0.1, 0.15) is 27.7 Å². The Morgan fingerprint density at radius 1 is 1.31 bits per heavy atom. The maximum absolute atomic E-state index is 11.7. The van der Waals surface area contributed by atoms with Gasteiger partial charge in [-0.15, -0.1) is 0 Å². The van der Waals surface area contributed by atoms with Crippen LogP contribution in [0.2, 0.25) is 0 Å². The molecule has 0 aliphatic rings. The third-order valence-electron chi connectivity index (χ3n) is 2.32. The topological polar surface area (TPSA) is 58.6 Å². The molecule has 0 aliphatic heterocycles. The largest absolute Gasteiger partial charge is 0.468 e. The van der Waals surface area contributed by atoms with Crippen molar-refractivity contribution in [3.63, 3.8) is 0 Å². The van der Waals surface area contributed by atoms with Gasteiger partial charge in [0, 0.05) is 6.04 Å². The molecule has 1 unspecified atom stereocenters. The summed E-state index contributed by atoms with van der Waals surface area (Å²) in [6.45, 7) is 8.26. The molecule has 0 radical (unpaired) electrons. The summed E-state index contributed by atoms with van der Waals surface area (Å²) < 4.78 is 4.58. The molecular weight excluding hydrogens is 208 g/mol. The fraction of sp³-hybridized carbons (Fsp3) is 0.818. The highest BCUT2D eigenvalue weighted by molar-refractivity contribution is 5.82. The van der Waals surface area contributed by atoms with Crippen LogP contribution in [0.3, 0.4) is 0 Å². The molecule has 1 amide bonds. The fourth-order valence-electron chi connectivity index (χ4n) is 1.32. The van der Waals surface area contributed by atoms with E-state index in [1.165, 1.54) is 7.11 Å². The van der Waals surface area contributed by atoms with Crippen molar-refractivity contribution in [1.82, 2.24) is 10.2 Å². The van der Waals surface area contributed by atoms with Crippen molar-refractivity contribution in [3.05, 3.63) is 0 Å². The van der Waals surface area contributed by atoms with Crippen LogP contribution in [0.4, 0.5) is 0 Å². The van der Waals surface area contributed by atoms with Gasteiger partial charge in [0.25, 0.3) is 0 Å². The van der Waals surface area contributed by atoms with E-state index in [4.69, 9.17) is 0 Å². The Bertz CT molecular complexity index is 241. The van der Waals surface area contributed by atoms with Gasteiger partial charge in [0.05, 0.1) is 19.7 Å². The summed E-state index contributed by atoms with van der Waals surface area (Å²) in [5, 5.41) is 2.82. The smallest absolute Gasteiger partial charge is 0.319 e. The number of rotatable bonds is 6. The molecule has 0 aromatic rings. The first-order valence-corrected chi connectivity index (χ1v) is 5.53. The van der Waals surface area contributed by atoms with Gasteiger partial charge < -0.3 is 10.1 Å². The minimum atomic E-state index is -0.328. The van der Waals surface area contributed by atoms with Gasteiger partial charge in [-0.25, -0.2) is 0 Å². The van der Waals surface area contributed by atoms with Gasteiger partial charge in [-0.1, -0.05) is 6.92 Å². The molecule has 5 heteroatoms. The van der Waals surface area contributed by atoms with Crippen LogP contribution in [-0.4, -0.2) is 49.1 Å². The van der Waals surface area contributed by atoms with Crippen LogP contribution in [-0.2, 0) is 14.3 Å². The monoisotopic (exact) mass is 230 g/mol. The zero-order valence-corrected chi connectivity index (χ0v) is 10.7. The van der Waals surface area contributed by atoms with E-state index in [0.717, 1.165) is 0 Å². The van der Waals surface area contributed by atoms with Crippen LogP contribution in [0.15, 0.2) is 0 Å². The van der Waals surface area contributed by atoms with E-state index in [2.05, 4.69) is 10.1 Å². The third-order valence-corrected chi connectivity index (χ3v) is 2.32. The summed E-state index contributed by atoms with van der Waals surface area (Å²) in [6.07, 6.45) is 0. The van der Waals surface area contributed by atoms with Crippen molar-refractivity contribution in [1.29, 1.82) is 0 Å². The van der Waals surface area contributed by atoms with Crippen molar-refractivity contribution in [3.8, 4) is 0 Å². The van der Waals surface area contributed by atoms with Gasteiger partial charge in [-0.05, 0) is 27.3 Å². The summed E-state index contributed by atoms with van der Waals surface area (Å²) in [4.78, 5) is 24.6. The molecule has 0 fully saturated rings. The molecule has 0 saturated carbocycles. The van der Waals surface area contributed by atoms with Crippen molar-refractivity contribution in [2.75, 3.05) is 20.2 Å². The van der Waals surface area contributed by atoms with E-state index in [0.29, 0.717) is 6.54 Å². The predicted octanol–water partition coefficient (Wildman–Crippen LogP) is 0.394. The van der Waals surface area contributed by atoms with E-state index in [1.54, 1.807) is 11.8 Å². The van der Waals surface area contributed by atoms with Gasteiger partial charge >= 0.3 is 5.97 Å².